The quantitative estimate of drug-likeness (QED) is 0.867. The van der Waals surface area contributed by atoms with E-state index < -0.39 is 17.7 Å². The van der Waals surface area contributed by atoms with E-state index in [0.717, 1.165) is 21.4 Å². The molecular weight excluding hydrogens is 240 g/mol. The SMILES string of the molecule is Cc1cc(C(N)c2cccc(F)c2F)c(C)s1. The van der Waals surface area contributed by atoms with Crippen molar-refractivity contribution in [2.24, 2.45) is 5.73 Å². The molecule has 1 atom stereocenters. The van der Waals surface area contributed by atoms with Gasteiger partial charge in [-0.2, -0.15) is 0 Å². The van der Waals surface area contributed by atoms with Crippen LogP contribution >= 0.6 is 11.3 Å². The monoisotopic (exact) mass is 253 g/mol. The highest BCUT2D eigenvalue weighted by Gasteiger charge is 2.19. The third-order valence-corrected chi connectivity index (χ3v) is 3.71. The van der Waals surface area contributed by atoms with E-state index in [1.165, 1.54) is 12.1 Å². The molecule has 0 radical (unpaired) electrons. The molecule has 17 heavy (non-hydrogen) atoms. The number of benzene rings is 1. The molecular formula is C13H13F2NS. The molecule has 2 aromatic rings. The average Bonchev–Trinajstić information content (AvgIpc) is 2.61. The molecule has 0 aliphatic carbocycles. The van der Waals surface area contributed by atoms with Crippen LogP contribution in [0.4, 0.5) is 8.78 Å². The van der Waals surface area contributed by atoms with Crippen LogP contribution in [-0.4, -0.2) is 0 Å². The minimum absolute atomic E-state index is 0.200. The Morgan fingerprint density at radius 2 is 1.88 bits per heavy atom. The lowest BCUT2D eigenvalue weighted by atomic mass is 9.99. The zero-order chi connectivity index (χ0) is 12.6. The van der Waals surface area contributed by atoms with Crippen LogP contribution in [0.5, 0.6) is 0 Å². The highest BCUT2D eigenvalue weighted by molar-refractivity contribution is 7.12. The lowest BCUT2D eigenvalue weighted by Crippen LogP contribution is -2.14. The van der Waals surface area contributed by atoms with Crippen molar-refractivity contribution < 1.29 is 8.78 Å². The van der Waals surface area contributed by atoms with Crippen molar-refractivity contribution in [2.75, 3.05) is 0 Å². The first-order valence-corrected chi connectivity index (χ1v) is 6.08. The number of hydrogen-bond donors (Lipinski definition) is 1. The van der Waals surface area contributed by atoms with Crippen LogP contribution in [0.3, 0.4) is 0 Å². The molecule has 4 heteroatoms. The Bertz CT molecular complexity index is 548. The lowest BCUT2D eigenvalue weighted by Gasteiger charge is -2.13. The van der Waals surface area contributed by atoms with E-state index in [4.69, 9.17) is 5.73 Å². The van der Waals surface area contributed by atoms with Crippen molar-refractivity contribution in [1.29, 1.82) is 0 Å². The number of hydrogen-bond acceptors (Lipinski definition) is 2. The molecule has 0 fully saturated rings. The van der Waals surface area contributed by atoms with Crippen LogP contribution in [0.1, 0.15) is 26.9 Å². The fraction of sp³-hybridized carbons (Fsp3) is 0.231. The van der Waals surface area contributed by atoms with Crippen LogP contribution in [0.15, 0.2) is 24.3 Å². The fourth-order valence-corrected chi connectivity index (χ4v) is 2.86. The summed E-state index contributed by atoms with van der Waals surface area (Å²) in [6.45, 7) is 3.90. The summed E-state index contributed by atoms with van der Waals surface area (Å²) in [5, 5.41) is 0. The second kappa shape index (κ2) is 4.55. The number of rotatable bonds is 2. The molecule has 2 rings (SSSR count). The zero-order valence-corrected chi connectivity index (χ0v) is 10.4. The van der Waals surface area contributed by atoms with Gasteiger partial charge >= 0.3 is 0 Å². The van der Waals surface area contributed by atoms with Crippen molar-refractivity contribution in [3.63, 3.8) is 0 Å². The predicted molar refractivity (Wildman–Crippen MR) is 66.2 cm³/mol. The summed E-state index contributed by atoms with van der Waals surface area (Å²) in [7, 11) is 0. The summed E-state index contributed by atoms with van der Waals surface area (Å²) in [6, 6.07) is 5.40. The van der Waals surface area contributed by atoms with Crippen molar-refractivity contribution in [2.45, 2.75) is 19.9 Å². The molecule has 1 nitrogen and oxygen atoms in total. The van der Waals surface area contributed by atoms with Gasteiger partial charge in [0.1, 0.15) is 0 Å². The summed E-state index contributed by atoms with van der Waals surface area (Å²) in [5.74, 6) is -1.72. The molecule has 1 heterocycles. The molecule has 0 bridgehead atoms. The molecule has 0 saturated carbocycles. The summed E-state index contributed by atoms with van der Waals surface area (Å²) in [6.07, 6.45) is 0. The third kappa shape index (κ3) is 2.23. The maximum Gasteiger partial charge on any atom is 0.163 e. The molecule has 0 saturated heterocycles. The summed E-state index contributed by atoms with van der Waals surface area (Å²) in [4.78, 5) is 2.16. The predicted octanol–water partition coefficient (Wildman–Crippen LogP) is 3.69. The molecule has 0 aliphatic rings. The van der Waals surface area contributed by atoms with Crippen molar-refractivity contribution in [3.05, 3.63) is 56.8 Å². The number of nitrogens with two attached hydrogens (primary N) is 1. The molecule has 1 aromatic heterocycles. The number of halogens is 2. The van der Waals surface area contributed by atoms with Crippen LogP contribution < -0.4 is 5.73 Å². The van der Waals surface area contributed by atoms with Crippen LogP contribution in [0.25, 0.3) is 0 Å². The van der Waals surface area contributed by atoms with Crippen LogP contribution in [0, 0.1) is 25.5 Å². The van der Waals surface area contributed by atoms with E-state index in [-0.39, 0.29) is 5.56 Å². The molecule has 0 amide bonds. The molecule has 1 unspecified atom stereocenters. The maximum absolute atomic E-state index is 13.6. The summed E-state index contributed by atoms with van der Waals surface area (Å²) in [5.41, 5.74) is 7.06. The Kier molecular flexibility index (Phi) is 3.26. The summed E-state index contributed by atoms with van der Waals surface area (Å²) < 4.78 is 26.8. The molecule has 2 N–H and O–H groups in total. The number of thiophene rings is 1. The minimum atomic E-state index is -0.859. The first kappa shape index (κ1) is 12.2. The number of aryl methyl sites for hydroxylation is 2. The van der Waals surface area contributed by atoms with Gasteiger partial charge in [-0.05, 0) is 31.5 Å². The Morgan fingerprint density at radius 3 is 2.47 bits per heavy atom. The Balaban J connectivity index is 2.47. The van der Waals surface area contributed by atoms with E-state index >= 15 is 0 Å². The molecule has 0 aliphatic heterocycles. The van der Waals surface area contributed by atoms with Gasteiger partial charge in [0.15, 0.2) is 11.6 Å². The highest BCUT2D eigenvalue weighted by Crippen LogP contribution is 2.30. The van der Waals surface area contributed by atoms with Crippen molar-refractivity contribution in [3.8, 4) is 0 Å². The average molecular weight is 253 g/mol. The van der Waals surface area contributed by atoms with Gasteiger partial charge < -0.3 is 5.73 Å². The van der Waals surface area contributed by atoms with Crippen LogP contribution in [-0.2, 0) is 0 Å². The van der Waals surface area contributed by atoms with E-state index in [2.05, 4.69) is 0 Å². The lowest BCUT2D eigenvalue weighted by molar-refractivity contribution is 0.494. The zero-order valence-electron chi connectivity index (χ0n) is 9.63. The fourth-order valence-electron chi connectivity index (χ4n) is 1.89. The van der Waals surface area contributed by atoms with Crippen molar-refractivity contribution in [1.82, 2.24) is 0 Å². The first-order chi connectivity index (χ1) is 8.00. The van der Waals surface area contributed by atoms with Gasteiger partial charge in [-0.25, -0.2) is 8.78 Å². The third-order valence-electron chi connectivity index (χ3n) is 2.73. The Labute approximate surface area is 103 Å². The van der Waals surface area contributed by atoms with Gasteiger partial charge in [0.2, 0.25) is 0 Å². The van der Waals surface area contributed by atoms with Crippen molar-refractivity contribution >= 4 is 11.3 Å². The second-order valence-electron chi connectivity index (χ2n) is 3.99. The van der Waals surface area contributed by atoms with E-state index in [0.29, 0.717) is 0 Å². The molecule has 0 spiro atoms. The Hall–Kier alpha value is -1.26. The first-order valence-electron chi connectivity index (χ1n) is 5.27. The van der Waals surface area contributed by atoms with Gasteiger partial charge in [-0.15, -0.1) is 11.3 Å². The minimum Gasteiger partial charge on any atom is -0.320 e. The van der Waals surface area contributed by atoms with Gasteiger partial charge in [-0.1, -0.05) is 12.1 Å². The normalized spacial score (nSPS) is 12.8. The maximum atomic E-state index is 13.6. The smallest absolute Gasteiger partial charge is 0.163 e. The van der Waals surface area contributed by atoms with E-state index in [1.54, 1.807) is 11.3 Å². The van der Waals surface area contributed by atoms with E-state index in [1.807, 2.05) is 19.9 Å². The largest absolute Gasteiger partial charge is 0.320 e. The van der Waals surface area contributed by atoms with E-state index in [9.17, 15) is 8.78 Å². The standard InChI is InChI=1S/C13H13F2NS/c1-7-6-10(8(2)17-7)13(16)9-4-3-5-11(14)12(9)15/h3-6,13H,16H2,1-2H3. The van der Waals surface area contributed by atoms with Gasteiger partial charge in [0.05, 0.1) is 6.04 Å². The van der Waals surface area contributed by atoms with Crippen LogP contribution in [0.2, 0.25) is 0 Å². The molecule has 1 aromatic carbocycles. The van der Waals surface area contributed by atoms with Gasteiger partial charge in [-0.3, -0.25) is 0 Å². The topological polar surface area (TPSA) is 26.0 Å². The highest BCUT2D eigenvalue weighted by atomic mass is 32.1. The second-order valence-corrected chi connectivity index (χ2v) is 5.45. The van der Waals surface area contributed by atoms with Gasteiger partial charge in [0.25, 0.3) is 0 Å². The Morgan fingerprint density at radius 1 is 1.18 bits per heavy atom. The van der Waals surface area contributed by atoms with Gasteiger partial charge in [0, 0.05) is 15.3 Å². The summed E-state index contributed by atoms with van der Waals surface area (Å²) >= 11 is 1.61. The molecule has 90 valence electrons.